The molecule has 1 unspecified atom stereocenters. The van der Waals surface area contributed by atoms with Gasteiger partial charge in [-0.15, -0.1) is 0 Å². The monoisotopic (exact) mass is 225 g/mol. The molecule has 2 aliphatic rings. The first-order valence-corrected chi connectivity index (χ1v) is 6.71. The van der Waals surface area contributed by atoms with Crippen molar-refractivity contribution in [3.63, 3.8) is 0 Å². The molecule has 1 saturated heterocycles. The average molecular weight is 225 g/mol. The molecule has 92 valence electrons. The number of rotatable bonds is 5. The first-order chi connectivity index (χ1) is 7.84. The van der Waals surface area contributed by atoms with Crippen LogP contribution in [0.1, 0.15) is 44.9 Å². The highest BCUT2D eigenvalue weighted by molar-refractivity contribution is 5.69. The van der Waals surface area contributed by atoms with Gasteiger partial charge in [-0.1, -0.05) is 19.3 Å². The smallest absolute Gasteiger partial charge is 0.306 e. The van der Waals surface area contributed by atoms with E-state index in [1.54, 1.807) is 0 Å². The van der Waals surface area contributed by atoms with E-state index in [-0.39, 0.29) is 5.97 Å². The Morgan fingerprint density at radius 3 is 2.62 bits per heavy atom. The molecule has 0 radical (unpaired) electrons. The molecule has 0 aromatic rings. The number of carbonyl (C=O) groups is 1. The van der Waals surface area contributed by atoms with Gasteiger partial charge in [-0.25, -0.2) is 0 Å². The highest BCUT2D eigenvalue weighted by atomic mass is 16.5. The summed E-state index contributed by atoms with van der Waals surface area (Å²) in [5, 5.41) is 3.32. The van der Waals surface area contributed by atoms with Crippen LogP contribution in [0.3, 0.4) is 0 Å². The zero-order chi connectivity index (χ0) is 11.2. The van der Waals surface area contributed by atoms with Crippen molar-refractivity contribution in [3.8, 4) is 0 Å². The Kier molecular flexibility index (Phi) is 4.64. The predicted octanol–water partition coefficient (Wildman–Crippen LogP) is 2.11. The molecule has 1 atom stereocenters. The quantitative estimate of drug-likeness (QED) is 0.728. The Bertz CT molecular complexity index is 220. The fraction of sp³-hybridized carbons (Fsp3) is 0.923. The van der Waals surface area contributed by atoms with Crippen molar-refractivity contribution in [2.45, 2.75) is 44.9 Å². The van der Waals surface area contributed by atoms with Crippen molar-refractivity contribution in [1.82, 2.24) is 5.32 Å². The summed E-state index contributed by atoms with van der Waals surface area (Å²) in [5.74, 6) is 1.35. The maximum absolute atomic E-state index is 11.5. The molecule has 1 saturated carbocycles. The lowest BCUT2D eigenvalue weighted by Crippen LogP contribution is -2.31. The Balaban J connectivity index is 1.52. The first-order valence-electron chi connectivity index (χ1n) is 6.71. The fourth-order valence-electron chi connectivity index (χ4n) is 2.51. The largest absolute Gasteiger partial charge is 0.466 e. The van der Waals surface area contributed by atoms with Crippen LogP contribution in [0.4, 0.5) is 0 Å². The van der Waals surface area contributed by atoms with E-state index in [0.29, 0.717) is 18.9 Å². The summed E-state index contributed by atoms with van der Waals surface area (Å²) in [5.41, 5.74) is 0. The van der Waals surface area contributed by atoms with Crippen molar-refractivity contribution >= 4 is 5.97 Å². The highest BCUT2D eigenvalue weighted by Gasteiger charge is 2.19. The minimum atomic E-state index is 0.00743. The van der Waals surface area contributed by atoms with Gasteiger partial charge in [0.25, 0.3) is 0 Å². The molecule has 16 heavy (non-hydrogen) atoms. The van der Waals surface area contributed by atoms with Gasteiger partial charge < -0.3 is 10.1 Å². The van der Waals surface area contributed by atoms with Gasteiger partial charge in [-0.2, -0.15) is 0 Å². The van der Waals surface area contributed by atoms with Crippen molar-refractivity contribution in [3.05, 3.63) is 0 Å². The zero-order valence-corrected chi connectivity index (χ0v) is 10.0. The molecule has 0 spiro atoms. The third-order valence-electron chi connectivity index (χ3n) is 3.87. The molecule has 3 nitrogen and oxygen atoms in total. The van der Waals surface area contributed by atoms with Crippen LogP contribution >= 0.6 is 0 Å². The minimum Gasteiger partial charge on any atom is -0.466 e. The van der Waals surface area contributed by atoms with Crippen LogP contribution in [-0.2, 0) is 9.53 Å². The average Bonchev–Trinajstić information content (AvgIpc) is 2.23. The third kappa shape index (κ3) is 3.78. The fourth-order valence-corrected chi connectivity index (χ4v) is 2.51. The first kappa shape index (κ1) is 11.9. The summed E-state index contributed by atoms with van der Waals surface area (Å²) in [7, 11) is 0. The zero-order valence-electron chi connectivity index (χ0n) is 10.0. The number of esters is 1. The maximum atomic E-state index is 11.5. The number of nitrogens with one attached hydrogen (secondary N) is 1. The summed E-state index contributed by atoms with van der Waals surface area (Å²) >= 11 is 0. The van der Waals surface area contributed by atoms with Gasteiger partial charge in [0.15, 0.2) is 0 Å². The Hall–Kier alpha value is -0.570. The van der Waals surface area contributed by atoms with Crippen molar-refractivity contribution < 1.29 is 9.53 Å². The van der Waals surface area contributed by atoms with Gasteiger partial charge in [0, 0.05) is 6.42 Å². The van der Waals surface area contributed by atoms with Crippen molar-refractivity contribution in [1.29, 1.82) is 0 Å². The van der Waals surface area contributed by atoms with Gasteiger partial charge >= 0.3 is 5.97 Å². The summed E-state index contributed by atoms with van der Waals surface area (Å²) < 4.78 is 5.28. The van der Waals surface area contributed by atoms with E-state index in [0.717, 1.165) is 25.4 Å². The number of carbonyl (C=O) groups excluding carboxylic acids is 1. The lowest BCUT2D eigenvalue weighted by molar-refractivity contribution is -0.145. The number of hydrogen-bond donors (Lipinski definition) is 1. The van der Waals surface area contributed by atoms with Crippen LogP contribution in [0.2, 0.25) is 0 Å². The van der Waals surface area contributed by atoms with Crippen LogP contribution in [0.5, 0.6) is 0 Å². The molecule has 0 aromatic heterocycles. The number of piperidine rings is 1. The van der Waals surface area contributed by atoms with Crippen LogP contribution in [0.25, 0.3) is 0 Å². The van der Waals surface area contributed by atoms with Crippen LogP contribution in [-0.4, -0.2) is 25.7 Å². The standard InChI is InChI=1S/C13H23NO2/c15-13(9-12-5-2-7-14-10-12)16-8-6-11-3-1-4-11/h11-12,14H,1-10H2. The molecular formula is C13H23NO2. The number of hydrogen-bond acceptors (Lipinski definition) is 3. The van der Waals surface area contributed by atoms with E-state index in [4.69, 9.17) is 4.74 Å². The topological polar surface area (TPSA) is 38.3 Å². The maximum Gasteiger partial charge on any atom is 0.306 e. The molecule has 0 amide bonds. The molecule has 1 heterocycles. The summed E-state index contributed by atoms with van der Waals surface area (Å²) in [4.78, 5) is 11.5. The van der Waals surface area contributed by atoms with Gasteiger partial charge in [0.05, 0.1) is 6.61 Å². The summed E-state index contributed by atoms with van der Waals surface area (Å²) in [6.07, 6.45) is 8.09. The normalized spacial score (nSPS) is 26.1. The van der Waals surface area contributed by atoms with Crippen LogP contribution < -0.4 is 5.32 Å². The van der Waals surface area contributed by atoms with Crippen LogP contribution in [0.15, 0.2) is 0 Å². The van der Waals surface area contributed by atoms with Gasteiger partial charge in [-0.05, 0) is 44.2 Å². The lowest BCUT2D eigenvalue weighted by Gasteiger charge is -2.25. The SMILES string of the molecule is O=C(CC1CCCNC1)OCCC1CCC1. The van der Waals surface area contributed by atoms with E-state index in [9.17, 15) is 4.79 Å². The second-order valence-electron chi connectivity index (χ2n) is 5.22. The molecule has 0 bridgehead atoms. The summed E-state index contributed by atoms with van der Waals surface area (Å²) in [6, 6.07) is 0. The Morgan fingerprint density at radius 1 is 1.19 bits per heavy atom. The molecule has 1 N–H and O–H groups in total. The van der Waals surface area contributed by atoms with Crippen LogP contribution in [0, 0.1) is 11.8 Å². The third-order valence-corrected chi connectivity index (χ3v) is 3.87. The molecule has 2 fully saturated rings. The van der Waals surface area contributed by atoms with Crippen molar-refractivity contribution in [2.75, 3.05) is 19.7 Å². The Labute approximate surface area is 97.9 Å². The lowest BCUT2D eigenvalue weighted by atomic mass is 9.83. The molecule has 1 aliphatic carbocycles. The van der Waals surface area contributed by atoms with E-state index >= 15 is 0 Å². The van der Waals surface area contributed by atoms with Gasteiger partial charge in [0.1, 0.15) is 0 Å². The van der Waals surface area contributed by atoms with E-state index in [1.807, 2.05) is 0 Å². The Morgan fingerprint density at radius 2 is 2.00 bits per heavy atom. The molecule has 3 heteroatoms. The highest BCUT2D eigenvalue weighted by Crippen LogP contribution is 2.29. The molecule has 1 aliphatic heterocycles. The van der Waals surface area contributed by atoms with Gasteiger partial charge in [-0.3, -0.25) is 4.79 Å². The minimum absolute atomic E-state index is 0.00743. The van der Waals surface area contributed by atoms with E-state index in [1.165, 1.54) is 32.1 Å². The molecule has 2 rings (SSSR count). The van der Waals surface area contributed by atoms with Gasteiger partial charge in [0.2, 0.25) is 0 Å². The second kappa shape index (κ2) is 6.24. The van der Waals surface area contributed by atoms with Crippen molar-refractivity contribution in [2.24, 2.45) is 11.8 Å². The predicted molar refractivity (Wildman–Crippen MR) is 63.1 cm³/mol. The summed E-state index contributed by atoms with van der Waals surface area (Å²) in [6.45, 7) is 2.73. The molecule has 0 aromatic carbocycles. The molecular weight excluding hydrogens is 202 g/mol. The number of ether oxygens (including phenoxy) is 1. The van der Waals surface area contributed by atoms with E-state index < -0.39 is 0 Å². The van der Waals surface area contributed by atoms with E-state index in [2.05, 4.69) is 5.32 Å². The second-order valence-corrected chi connectivity index (χ2v) is 5.22.